The van der Waals surface area contributed by atoms with E-state index >= 15 is 0 Å². The number of rotatable bonds is 2. The van der Waals surface area contributed by atoms with Gasteiger partial charge in [0.15, 0.2) is 0 Å². The zero-order valence-corrected chi connectivity index (χ0v) is 5.00. The van der Waals surface area contributed by atoms with Crippen LogP contribution in [-0.2, 0) is 0 Å². The van der Waals surface area contributed by atoms with Crippen molar-refractivity contribution in [3.63, 3.8) is 0 Å². The highest BCUT2D eigenvalue weighted by Gasteiger charge is 1.82. The Kier molecular flexibility index (Phi) is 1.91. The Hall–Kier alpha value is -1.24. The monoisotopic (exact) mass is 119 g/mol. The minimum absolute atomic E-state index is 0.795. The lowest BCUT2D eigenvalue weighted by atomic mass is 10.3. The Morgan fingerprint density at radius 3 is 2.67 bits per heavy atom. The van der Waals surface area contributed by atoms with Crippen LogP contribution in [0.5, 0.6) is 5.75 Å². The molecule has 0 fully saturated rings. The highest BCUT2D eigenvalue weighted by molar-refractivity contribution is 5.20. The van der Waals surface area contributed by atoms with Crippen molar-refractivity contribution in [1.29, 1.82) is 0 Å². The number of ether oxygens (including phenoxy) is 1. The average molecular weight is 119 g/mol. The van der Waals surface area contributed by atoms with Crippen LogP contribution < -0.4 is 4.74 Å². The van der Waals surface area contributed by atoms with Gasteiger partial charge in [0.1, 0.15) is 5.75 Å². The highest BCUT2D eigenvalue weighted by Crippen LogP contribution is 2.06. The zero-order chi connectivity index (χ0) is 6.53. The van der Waals surface area contributed by atoms with Crippen molar-refractivity contribution in [2.75, 3.05) is 0 Å². The first-order chi connectivity index (χ1) is 4.43. The van der Waals surface area contributed by atoms with Gasteiger partial charge in [0.2, 0.25) is 0 Å². The fourth-order valence-corrected chi connectivity index (χ4v) is 0.546. The minimum Gasteiger partial charge on any atom is -0.466 e. The van der Waals surface area contributed by atoms with Gasteiger partial charge < -0.3 is 4.74 Å². The predicted molar refractivity (Wildman–Crippen MR) is 36.1 cm³/mol. The molecule has 45 valence electrons. The maximum atomic E-state index is 4.95. The van der Waals surface area contributed by atoms with E-state index in [2.05, 4.69) is 12.6 Å². The zero-order valence-electron chi connectivity index (χ0n) is 5.00. The van der Waals surface area contributed by atoms with Crippen molar-refractivity contribution in [3.8, 4) is 5.75 Å². The molecule has 0 unspecified atom stereocenters. The predicted octanol–water partition coefficient (Wildman–Crippen LogP) is 2.01. The van der Waals surface area contributed by atoms with Gasteiger partial charge >= 0.3 is 0 Å². The molecule has 0 heterocycles. The Balaban J connectivity index is 2.72. The van der Waals surface area contributed by atoms with E-state index in [4.69, 9.17) is 4.74 Å². The van der Waals surface area contributed by atoms with Gasteiger partial charge in [-0.2, -0.15) is 0 Å². The Bertz CT molecular complexity index is 179. The van der Waals surface area contributed by atoms with Crippen LogP contribution >= 0.6 is 0 Å². The lowest BCUT2D eigenvalue weighted by Gasteiger charge is -1.94. The van der Waals surface area contributed by atoms with Gasteiger partial charge in [-0.05, 0) is 18.2 Å². The molecule has 9 heavy (non-hydrogen) atoms. The van der Waals surface area contributed by atoms with Crippen LogP contribution in [0.4, 0.5) is 0 Å². The second-order valence-electron chi connectivity index (χ2n) is 1.52. The molecular weight excluding hydrogens is 112 g/mol. The third-order valence-corrected chi connectivity index (χ3v) is 0.907. The molecule has 0 spiro atoms. The Labute approximate surface area is 54.6 Å². The molecule has 0 aliphatic carbocycles. The normalized spacial score (nSPS) is 8.44. The summed E-state index contributed by atoms with van der Waals surface area (Å²) in [6.45, 7) is 3.42. The standard InChI is InChI=1S/C8H7O/c1-2-9-8-6-4-3-5-7-8/h2,4-7H,1H2. The Morgan fingerprint density at radius 1 is 1.44 bits per heavy atom. The molecule has 1 radical (unpaired) electrons. The van der Waals surface area contributed by atoms with E-state index < -0.39 is 0 Å². The molecule has 0 N–H and O–H groups in total. The van der Waals surface area contributed by atoms with Crippen molar-refractivity contribution >= 4 is 0 Å². The van der Waals surface area contributed by atoms with E-state index in [0.29, 0.717) is 0 Å². The van der Waals surface area contributed by atoms with Gasteiger partial charge in [-0.25, -0.2) is 0 Å². The summed E-state index contributed by atoms with van der Waals surface area (Å²) in [5.41, 5.74) is 0. The third kappa shape index (κ3) is 1.61. The van der Waals surface area contributed by atoms with E-state index in [1.807, 2.05) is 12.1 Å². The summed E-state index contributed by atoms with van der Waals surface area (Å²) >= 11 is 0. The molecule has 0 aromatic heterocycles. The van der Waals surface area contributed by atoms with Crippen molar-refractivity contribution in [1.82, 2.24) is 0 Å². The van der Waals surface area contributed by atoms with E-state index in [1.165, 1.54) is 6.26 Å². The van der Waals surface area contributed by atoms with Gasteiger partial charge in [-0.15, -0.1) is 0 Å². The van der Waals surface area contributed by atoms with Crippen LogP contribution in [0.1, 0.15) is 0 Å². The Morgan fingerprint density at radius 2 is 2.11 bits per heavy atom. The largest absolute Gasteiger partial charge is 0.466 e. The highest BCUT2D eigenvalue weighted by atomic mass is 16.5. The molecule has 1 aromatic rings. The topological polar surface area (TPSA) is 9.23 Å². The maximum absolute atomic E-state index is 4.95. The molecule has 0 aliphatic heterocycles. The van der Waals surface area contributed by atoms with Crippen LogP contribution in [0.25, 0.3) is 0 Å². The molecule has 1 nitrogen and oxygen atoms in total. The van der Waals surface area contributed by atoms with Crippen LogP contribution in [0.2, 0.25) is 0 Å². The molecule has 0 saturated heterocycles. The second kappa shape index (κ2) is 2.92. The summed E-state index contributed by atoms with van der Waals surface area (Å²) in [5, 5.41) is 0. The quantitative estimate of drug-likeness (QED) is 0.541. The number of hydrogen-bond donors (Lipinski definition) is 0. The van der Waals surface area contributed by atoms with E-state index in [9.17, 15) is 0 Å². The van der Waals surface area contributed by atoms with Gasteiger partial charge in [-0.3, -0.25) is 0 Å². The molecule has 1 heteroatoms. The van der Waals surface area contributed by atoms with Crippen molar-refractivity contribution in [2.45, 2.75) is 0 Å². The van der Waals surface area contributed by atoms with E-state index in [1.54, 1.807) is 12.1 Å². The summed E-state index contributed by atoms with van der Waals surface area (Å²) in [6.07, 6.45) is 1.40. The number of benzene rings is 1. The summed E-state index contributed by atoms with van der Waals surface area (Å²) in [4.78, 5) is 0. The van der Waals surface area contributed by atoms with Crippen LogP contribution in [-0.4, -0.2) is 0 Å². The first kappa shape index (κ1) is 5.89. The SMILES string of the molecule is C=COc1cc[c]cc1. The summed E-state index contributed by atoms with van der Waals surface area (Å²) in [5.74, 6) is 0.795. The molecule has 0 saturated carbocycles. The molecule has 0 atom stereocenters. The lowest BCUT2D eigenvalue weighted by Crippen LogP contribution is -1.77. The van der Waals surface area contributed by atoms with Gasteiger partial charge in [0, 0.05) is 0 Å². The van der Waals surface area contributed by atoms with Crippen LogP contribution in [0.15, 0.2) is 37.1 Å². The van der Waals surface area contributed by atoms with Gasteiger partial charge in [0.05, 0.1) is 6.26 Å². The summed E-state index contributed by atoms with van der Waals surface area (Å²) in [7, 11) is 0. The molecule has 0 aliphatic rings. The fourth-order valence-electron chi connectivity index (χ4n) is 0.546. The van der Waals surface area contributed by atoms with E-state index in [-0.39, 0.29) is 0 Å². The fraction of sp³-hybridized carbons (Fsp3) is 0. The van der Waals surface area contributed by atoms with Gasteiger partial charge in [0.25, 0.3) is 0 Å². The van der Waals surface area contributed by atoms with Crippen molar-refractivity contribution < 1.29 is 4.74 Å². The van der Waals surface area contributed by atoms with Crippen molar-refractivity contribution in [3.05, 3.63) is 43.2 Å². The molecule has 0 amide bonds. The smallest absolute Gasteiger partial charge is 0.126 e. The molecule has 0 bridgehead atoms. The lowest BCUT2D eigenvalue weighted by molar-refractivity contribution is 0.483. The summed E-state index contributed by atoms with van der Waals surface area (Å²) in [6, 6.07) is 10.1. The van der Waals surface area contributed by atoms with E-state index in [0.717, 1.165) is 5.75 Å². The molecular formula is C8H7O. The summed E-state index contributed by atoms with van der Waals surface area (Å²) < 4.78 is 4.95. The minimum atomic E-state index is 0.795. The third-order valence-electron chi connectivity index (χ3n) is 0.907. The second-order valence-corrected chi connectivity index (χ2v) is 1.52. The van der Waals surface area contributed by atoms with Crippen molar-refractivity contribution in [2.24, 2.45) is 0 Å². The van der Waals surface area contributed by atoms with Gasteiger partial charge in [-0.1, -0.05) is 18.7 Å². The van der Waals surface area contributed by atoms with Crippen LogP contribution in [0.3, 0.4) is 0 Å². The average Bonchev–Trinajstić information content (AvgIpc) is 1.91. The molecule has 1 rings (SSSR count). The first-order valence-corrected chi connectivity index (χ1v) is 2.67. The maximum Gasteiger partial charge on any atom is 0.126 e. The first-order valence-electron chi connectivity index (χ1n) is 2.67. The number of hydrogen-bond acceptors (Lipinski definition) is 1. The molecule has 1 aromatic carbocycles. The van der Waals surface area contributed by atoms with Crippen LogP contribution in [0, 0.1) is 6.07 Å².